The maximum atomic E-state index is 14.0. The first-order chi connectivity index (χ1) is 8.41. The average molecular weight is 317 g/mol. The number of hydrogen-bond acceptors (Lipinski definition) is 3. The molecule has 1 heterocycles. The summed E-state index contributed by atoms with van der Waals surface area (Å²) >= 11 is 2.97. The van der Waals surface area contributed by atoms with Crippen molar-refractivity contribution in [1.82, 2.24) is 0 Å². The van der Waals surface area contributed by atoms with Crippen molar-refractivity contribution in [3.63, 3.8) is 0 Å². The molecule has 1 aromatic rings. The first-order valence-electron chi connectivity index (χ1n) is 5.19. The highest BCUT2D eigenvalue weighted by atomic mass is 79.9. The fourth-order valence-electron chi connectivity index (χ4n) is 1.93. The molecule has 1 amide bonds. The molecule has 1 fully saturated rings. The lowest BCUT2D eigenvalue weighted by Crippen LogP contribution is -2.30. The van der Waals surface area contributed by atoms with Crippen molar-refractivity contribution in [2.24, 2.45) is 5.73 Å². The molecule has 1 aliphatic rings. The molecule has 1 aromatic carbocycles. The second kappa shape index (κ2) is 4.66. The van der Waals surface area contributed by atoms with Gasteiger partial charge in [0.05, 0.1) is 15.7 Å². The minimum Gasteiger partial charge on any atom is -0.478 e. The molecule has 0 radical (unpaired) electrons. The summed E-state index contributed by atoms with van der Waals surface area (Å²) in [5.41, 5.74) is 5.14. The number of aromatic carboxylic acids is 1. The minimum absolute atomic E-state index is 0.0883. The normalized spacial score (nSPS) is 19.4. The highest BCUT2D eigenvalue weighted by Gasteiger charge is 2.33. The maximum Gasteiger partial charge on any atom is 0.337 e. The molecule has 0 spiro atoms. The van der Waals surface area contributed by atoms with Crippen molar-refractivity contribution >= 4 is 33.5 Å². The largest absolute Gasteiger partial charge is 0.478 e. The van der Waals surface area contributed by atoms with Crippen LogP contribution in [0.4, 0.5) is 10.1 Å². The van der Waals surface area contributed by atoms with Crippen LogP contribution in [0.5, 0.6) is 0 Å². The summed E-state index contributed by atoms with van der Waals surface area (Å²) in [4.78, 5) is 23.9. The van der Waals surface area contributed by atoms with Crippen molar-refractivity contribution in [3.8, 4) is 0 Å². The Hall–Kier alpha value is -1.47. The predicted octanol–water partition coefficient (Wildman–Crippen LogP) is 1.35. The summed E-state index contributed by atoms with van der Waals surface area (Å²) in [7, 11) is 0. The summed E-state index contributed by atoms with van der Waals surface area (Å²) in [6.07, 6.45) is 0.0883. The number of nitrogens with zero attached hydrogens (tertiary/aromatic N) is 1. The Kier molecular flexibility index (Phi) is 3.36. The number of anilines is 1. The predicted molar refractivity (Wildman–Crippen MR) is 66.0 cm³/mol. The van der Waals surface area contributed by atoms with Gasteiger partial charge in [0, 0.05) is 19.0 Å². The number of carboxylic acids is 1. The van der Waals surface area contributed by atoms with Crippen LogP contribution >= 0.6 is 15.9 Å². The molecular formula is C11H10BrFN2O3. The van der Waals surface area contributed by atoms with Gasteiger partial charge in [-0.05, 0) is 28.1 Å². The van der Waals surface area contributed by atoms with Crippen LogP contribution in [0.2, 0.25) is 0 Å². The highest BCUT2D eigenvalue weighted by molar-refractivity contribution is 9.10. The minimum atomic E-state index is -1.29. The van der Waals surface area contributed by atoms with Crippen LogP contribution in [0.1, 0.15) is 16.8 Å². The van der Waals surface area contributed by atoms with Crippen molar-refractivity contribution in [2.75, 3.05) is 11.4 Å². The molecule has 1 saturated heterocycles. The van der Waals surface area contributed by atoms with Crippen LogP contribution in [0.25, 0.3) is 0 Å². The lowest BCUT2D eigenvalue weighted by atomic mass is 10.1. The van der Waals surface area contributed by atoms with Crippen LogP contribution in [0.15, 0.2) is 16.6 Å². The van der Waals surface area contributed by atoms with E-state index in [0.29, 0.717) is 0 Å². The summed E-state index contributed by atoms with van der Waals surface area (Å²) in [5, 5.41) is 9.04. The van der Waals surface area contributed by atoms with E-state index in [4.69, 9.17) is 10.8 Å². The van der Waals surface area contributed by atoms with Gasteiger partial charge in [-0.3, -0.25) is 4.79 Å². The number of amides is 1. The van der Waals surface area contributed by atoms with Crippen LogP contribution in [0.3, 0.4) is 0 Å². The molecule has 2 rings (SSSR count). The van der Waals surface area contributed by atoms with Crippen LogP contribution < -0.4 is 10.6 Å². The number of hydrogen-bond donors (Lipinski definition) is 2. The third-order valence-corrected chi connectivity index (χ3v) is 3.34. The average Bonchev–Trinajstić information content (AvgIpc) is 2.61. The van der Waals surface area contributed by atoms with Gasteiger partial charge in [-0.1, -0.05) is 0 Å². The molecule has 7 heteroatoms. The fourth-order valence-corrected chi connectivity index (χ4v) is 2.25. The number of carbonyl (C=O) groups is 2. The molecular weight excluding hydrogens is 307 g/mol. The molecule has 3 N–H and O–H groups in total. The lowest BCUT2D eigenvalue weighted by molar-refractivity contribution is -0.117. The van der Waals surface area contributed by atoms with Crippen LogP contribution in [-0.4, -0.2) is 29.6 Å². The van der Waals surface area contributed by atoms with Gasteiger partial charge in [-0.15, -0.1) is 0 Å². The molecule has 1 unspecified atom stereocenters. The molecule has 0 bridgehead atoms. The molecule has 1 aliphatic heterocycles. The number of carboxylic acid groups (broad SMARTS) is 1. The van der Waals surface area contributed by atoms with E-state index in [1.54, 1.807) is 0 Å². The van der Waals surface area contributed by atoms with Crippen LogP contribution in [0, 0.1) is 5.82 Å². The van der Waals surface area contributed by atoms with Gasteiger partial charge in [-0.2, -0.15) is 0 Å². The summed E-state index contributed by atoms with van der Waals surface area (Å²) in [6, 6.07) is 2.14. The Morgan fingerprint density at radius 3 is 2.72 bits per heavy atom. The SMILES string of the molecule is NC1CC(=O)N(c2c(C(=O)O)ccc(Br)c2F)C1. The van der Waals surface area contributed by atoms with E-state index in [-0.39, 0.29) is 34.6 Å². The Bertz CT molecular complexity index is 535. The summed E-state index contributed by atoms with van der Waals surface area (Å²) in [6.45, 7) is 0.118. The molecule has 5 nitrogen and oxygen atoms in total. The number of benzene rings is 1. The van der Waals surface area contributed by atoms with Gasteiger partial charge in [0.2, 0.25) is 5.91 Å². The van der Waals surface area contributed by atoms with E-state index < -0.39 is 17.8 Å². The molecule has 1 atom stereocenters. The maximum absolute atomic E-state index is 14.0. The second-order valence-corrected chi connectivity index (χ2v) is 4.89. The zero-order chi connectivity index (χ0) is 13.4. The standard InChI is InChI=1S/C11H10BrFN2O3/c12-7-2-1-6(11(17)18)10(9(7)13)15-4-5(14)3-8(15)16/h1-2,5H,3-4,14H2,(H,17,18). The van der Waals surface area contributed by atoms with Crippen molar-refractivity contribution in [1.29, 1.82) is 0 Å². The van der Waals surface area contributed by atoms with Crippen molar-refractivity contribution in [3.05, 3.63) is 28.0 Å². The van der Waals surface area contributed by atoms with Gasteiger partial charge in [0.25, 0.3) is 0 Å². The third kappa shape index (κ3) is 2.11. The van der Waals surface area contributed by atoms with E-state index in [9.17, 15) is 14.0 Å². The molecule has 18 heavy (non-hydrogen) atoms. The van der Waals surface area contributed by atoms with Gasteiger partial charge in [0.1, 0.15) is 0 Å². The van der Waals surface area contributed by atoms with Gasteiger partial charge in [0.15, 0.2) is 5.82 Å². The lowest BCUT2D eigenvalue weighted by Gasteiger charge is -2.19. The molecule has 96 valence electrons. The third-order valence-electron chi connectivity index (χ3n) is 2.72. The zero-order valence-electron chi connectivity index (χ0n) is 9.19. The number of rotatable bonds is 2. The number of halogens is 2. The van der Waals surface area contributed by atoms with E-state index in [1.807, 2.05) is 0 Å². The molecule has 0 aliphatic carbocycles. The topological polar surface area (TPSA) is 83.6 Å². The first-order valence-corrected chi connectivity index (χ1v) is 5.98. The summed E-state index contributed by atoms with van der Waals surface area (Å²) < 4.78 is 14.1. The second-order valence-electron chi connectivity index (χ2n) is 4.03. The van der Waals surface area contributed by atoms with Gasteiger partial charge < -0.3 is 15.7 Å². The molecule has 0 saturated carbocycles. The first kappa shape index (κ1) is 13.0. The molecule has 0 aromatic heterocycles. The van der Waals surface area contributed by atoms with E-state index in [2.05, 4.69) is 15.9 Å². The van der Waals surface area contributed by atoms with Gasteiger partial charge >= 0.3 is 5.97 Å². The Morgan fingerprint density at radius 2 is 2.22 bits per heavy atom. The monoisotopic (exact) mass is 316 g/mol. The quantitative estimate of drug-likeness (QED) is 0.862. The van der Waals surface area contributed by atoms with E-state index in [0.717, 1.165) is 4.90 Å². The Labute approximate surface area is 111 Å². The smallest absolute Gasteiger partial charge is 0.337 e. The van der Waals surface area contributed by atoms with Crippen LogP contribution in [-0.2, 0) is 4.79 Å². The van der Waals surface area contributed by atoms with E-state index in [1.165, 1.54) is 12.1 Å². The Balaban J connectivity index is 2.58. The zero-order valence-corrected chi connectivity index (χ0v) is 10.8. The van der Waals surface area contributed by atoms with E-state index >= 15 is 0 Å². The van der Waals surface area contributed by atoms with Crippen molar-refractivity contribution < 1.29 is 19.1 Å². The number of carbonyl (C=O) groups excluding carboxylic acids is 1. The summed E-state index contributed by atoms with van der Waals surface area (Å²) in [5.74, 6) is -2.43. The van der Waals surface area contributed by atoms with Gasteiger partial charge in [-0.25, -0.2) is 9.18 Å². The Morgan fingerprint density at radius 1 is 1.56 bits per heavy atom. The highest BCUT2D eigenvalue weighted by Crippen LogP contribution is 2.32. The number of nitrogens with two attached hydrogens (primary N) is 1. The van der Waals surface area contributed by atoms with Crippen molar-refractivity contribution in [2.45, 2.75) is 12.5 Å². The fraction of sp³-hybridized carbons (Fsp3) is 0.273.